The van der Waals surface area contributed by atoms with Crippen molar-refractivity contribution in [2.45, 2.75) is 33.2 Å². The van der Waals surface area contributed by atoms with Crippen LogP contribution in [0.4, 0.5) is 10.1 Å². The molecule has 0 aliphatic carbocycles. The van der Waals surface area contributed by atoms with E-state index in [1.807, 2.05) is 0 Å². The Balaban J connectivity index is 2.72. The number of hydrogen-bond acceptors (Lipinski definition) is 1. The van der Waals surface area contributed by atoms with Gasteiger partial charge in [0.2, 0.25) is 0 Å². The van der Waals surface area contributed by atoms with Crippen molar-refractivity contribution in [3.63, 3.8) is 0 Å². The Hall–Kier alpha value is -0.320. The molecule has 0 radical (unpaired) electrons. The van der Waals surface area contributed by atoms with E-state index in [9.17, 15) is 4.39 Å². The third kappa shape index (κ3) is 3.63. The van der Waals surface area contributed by atoms with Crippen LogP contribution >= 0.6 is 22.6 Å². The molecule has 0 saturated heterocycles. The van der Waals surface area contributed by atoms with E-state index in [-0.39, 0.29) is 5.82 Å². The second kappa shape index (κ2) is 5.68. The molecule has 0 heterocycles. The van der Waals surface area contributed by atoms with Crippen LogP contribution in [0.25, 0.3) is 0 Å². The van der Waals surface area contributed by atoms with Gasteiger partial charge in [-0.2, -0.15) is 0 Å². The average Bonchev–Trinajstić information content (AvgIpc) is 2.20. The first-order valence-electron chi connectivity index (χ1n) is 5.26. The molecule has 1 aromatic carbocycles. The molecule has 0 aliphatic rings. The summed E-state index contributed by atoms with van der Waals surface area (Å²) in [4.78, 5) is 0. The molecule has 2 unspecified atom stereocenters. The van der Waals surface area contributed by atoms with Crippen molar-refractivity contribution in [2.75, 3.05) is 5.32 Å². The van der Waals surface area contributed by atoms with Gasteiger partial charge in [0.15, 0.2) is 0 Å². The molecule has 1 rings (SSSR count). The summed E-state index contributed by atoms with van der Waals surface area (Å²) < 4.78 is 13.8. The standard InChI is InChI=1S/C12H17FIN/c1-4-8(2)9(3)15-12-6-5-10(13)7-11(12)14/h5-9,15H,4H2,1-3H3. The third-order valence-corrected chi connectivity index (χ3v) is 3.70. The second-order valence-corrected chi connectivity index (χ2v) is 5.10. The van der Waals surface area contributed by atoms with Gasteiger partial charge in [0.05, 0.1) is 0 Å². The van der Waals surface area contributed by atoms with Crippen molar-refractivity contribution >= 4 is 28.3 Å². The molecule has 0 fully saturated rings. The quantitative estimate of drug-likeness (QED) is 0.817. The molecular formula is C12H17FIN. The zero-order chi connectivity index (χ0) is 11.4. The van der Waals surface area contributed by atoms with Crippen LogP contribution < -0.4 is 5.32 Å². The smallest absolute Gasteiger partial charge is 0.124 e. The number of anilines is 1. The molecular weight excluding hydrogens is 304 g/mol. The van der Waals surface area contributed by atoms with E-state index in [1.165, 1.54) is 6.07 Å². The van der Waals surface area contributed by atoms with Crippen LogP contribution in [0.1, 0.15) is 27.2 Å². The minimum atomic E-state index is -0.179. The third-order valence-electron chi connectivity index (χ3n) is 2.81. The van der Waals surface area contributed by atoms with Gasteiger partial charge in [0.25, 0.3) is 0 Å². The summed E-state index contributed by atoms with van der Waals surface area (Å²) >= 11 is 2.15. The van der Waals surface area contributed by atoms with Gasteiger partial charge >= 0.3 is 0 Å². The maximum atomic E-state index is 12.9. The van der Waals surface area contributed by atoms with E-state index in [0.29, 0.717) is 12.0 Å². The normalized spacial score (nSPS) is 14.7. The number of benzene rings is 1. The Labute approximate surface area is 105 Å². The van der Waals surface area contributed by atoms with Gasteiger partial charge in [0.1, 0.15) is 5.82 Å². The van der Waals surface area contributed by atoms with E-state index >= 15 is 0 Å². The molecule has 0 saturated carbocycles. The molecule has 1 nitrogen and oxygen atoms in total. The Morgan fingerprint density at radius 1 is 1.40 bits per heavy atom. The van der Waals surface area contributed by atoms with Crippen LogP contribution in [0.2, 0.25) is 0 Å². The van der Waals surface area contributed by atoms with Gasteiger partial charge < -0.3 is 5.32 Å². The molecule has 3 heteroatoms. The zero-order valence-electron chi connectivity index (χ0n) is 9.35. The topological polar surface area (TPSA) is 12.0 Å². The summed E-state index contributed by atoms with van der Waals surface area (Å²) in [6.07, 6.45) is 1.14. The van der Waals surface area contributed by atoms with Gasteiger partial charge in [0, 0.05) is 15.3 Å². The highest BCUT2D eigenvalue weighted by Gasteiger charge is 2.11. The van der Waals surface area contributed by atoms with E-state index < -0.39 is 0 Å². The molecule has 84 valence electrons. The van der Waals surface area contributed by atoms with Crippen LogP contribution in [0, 0.1) is 15.3 Å². The first-order valence-corrected chi connectivity index (χ1v) is 6.34. The maximum Gasteiger partial charge on any atom is 0.124 e. The van der Waals surface area contributed by atoms with Gasteiger partial charge in [-0.15, -0.1) is 0 Å². The fourth-order valence-electron chi connectivity index (χ4n) is 1.35. The van der Waals surface area contributed by atoms with Gasteiger partial charge in [-0.1, -0.05) is 20.3 Å². The number of rotatable bonds is 4. The van der Waals surface area contributed by atoms with Crippen molar-refractivity contribution in [2.24, 2.45) is 5.92 Å². The highest BCUT2D eigenvalue weighted by atomic mass is 127. The summed E-state index contributed by atoms with van der Waals surface area (Å²) in [5, 5.41) is 3.41. The zero-order valence-corrected chi connectivity index (χ0v) is 11.5. The Morgan fingerprint density at radius 2 is 2.07 bits per heavy atom. The molecule has 0 spiro atoms. The average molecular weight is 321 g/mol. The van der Waals surface area contributed by atoms with Crippen LogP contribution in [0.5, 0.6) is 0 Å². The predicted molar refractivity (Wildman–Crippen MR) is 71.7 cm³/mol. The lowest BCUT2D eigenvalue weighted by atomic mass is 10.0. The largest absolute Gasteiger partial charge is 0.381 e. The first-order chi connectivity index (χ1) is 7.04. The second-order valence-electron chi connectivity index (χ2n) is 3.94. The van der Waals surface area contributed by atoms with Gasteiger partial charge in [-0.3, -0.25) is 0 Å². The Bertz CT molecular complexity index is 327. The van der Waals surface area contributed by atoms with Crippen molar-refractivity contribution in [3.8, 4) is 0 Å². The van der Waals surface area contributed by atoms with E-state index in [4.69, 9.17) is 0 Å². The fourth-order valence-corrected chi connectivity index (χ4v) is 1.98. The highest BCUT2D eigenvalue weighted by Crippen LogP contribution is 2.21. The lowest BCUT2D eigenvalue weighted by Gasteiger charge is -2.21. The number of halogens is 2. The van der Waals surface area contributed by atoms with Crippen molar-refractivity contribution in [1.82, 2.24) is 0 Å². The fraction of sp³-hybridized carbons (Fsp3) is 0.500. The highest BCUT2D eigenvalue weighted by molar-refractivity contribution is 14.1. The van der Waals surface area contributed by atoms with E-state index in [2.05, 4.69) is 48.7 Å². The molecule has 1 aromatic rings. The minimum absolute atomic E-state index is 0.179. The summed E-state index contributed by atoms with van der Waals surface area (Å²) in [7, 11) is 0. The predicted octanol–water partition coefficient (Wildman–Crippen LogP) is 4.28. The number of nitrogens with one attached hydrogen (secondary N) is 1. The Morgan fingerprint density at radius 3 is 2.60 bits per heavy atom. The summed E-state index contributed by atoms with van der Waals surface area (Å²) in [6, 6.07) is 5.25. The van der Waals surface area contributed by atoms with Crippen molar-refractivity contribution in [3.05, 3.63) is 27.6 Å². The molecule has 0 aromatic heterocycles. The molecule has 2 atom stereocenters. The maximum absolute atomic E-state index is 12.9. The lowest BCUT2D eigenvalue weighted by Crippen LogP contribution is -2.23. The molecule has 0 bridgehead atoms. The van der Waals surface area contributed by atoms with E-state index in [1.54, 1.807) is 12.1 Å². The van der Waals surface area contributed by atoms with E-state index in [0.717, 1.165) is 15.7 Å². The lowest BCUT2D eigenvalue weighted by molar-refractivity contribution is 0.494. The summed E-state index contributed by atoms with van der Waals surface area (Å²) in [5.41, 5.74) is 1.02. The number of hydrogen-bond donors (Lipinski definition) is 1. The van der Waals surface area contributed by atoms with Gasteiger partial charge in [-0.05, 0) is 53.6 Å². The van der Waals surface area contributed by atoms with Crippen LogP contribution in [-0.2, 0) is 0 Å². The first kappa shape index (κ1) is 12.7. The summed E-state index contributed by atoms with van der Waals surface area (Å²) in [5.74, 6) is 0.437. The Kier molecular flexibility index (Phi) is 4.83. The van der Waals surface area contributed by atoms with Crippen molar-refractivity contribution in [1.29, 1.82) is 0 Å². The molecule has 0 amide bonds. The van der Waals surface area contributed by atoms with Crippen LogP contribution in [0.3, 0.4) is 0 Å². The van der Waals surface area contributed by atoms with Crippen LogP contribution in [0.15, 0.2) is 18.2 Å². The molecule has 1 N–H and O–H groups in total. The molecule has 15 heavy (non-hydrogen) atoms. The minimum Gasteiger partial charge on any atom is -0.381 e. The van der Waals surface area contributed by atoms with Gasteiger partial charge in [-0.25, -0.2) is 4.39 Å². The summed E-state index contributed by atoms with van der Waals surface area (Å²) in [6.45, 7) is 6.56. The van der Waals surface area contributed by atoms with Crippen LogP contribution in [-0.4, -0.2) is 6.04 Å². The van der Waals surface area contributed by atoms with Crippen molar-refractivity contribution < 1.29 is 4.39 Å². The SMILES string of the molecule is CCC(C)C(C)Nc1ccc(F)cc1I. The monoisotopic (exact) mass is 321 g/mol. The molecule has 0 aliphatic heterocycles.